The van der Waals surface area contributed by atoms with Crippen LogP contribution in [0, 0.1) is 0 Å². The van der Waals surface area contributed by atoms with E-state index in [4.69, 9.17) is 5.73 Å². The van der Waals surface area contributed by atoms with E-state index in [1.54, 1.807) is 6.92 Å². The molecule has 14 heavy (non-hydrogen) atoms. The summed E-state index contributed by atoms with van der Waals surface area (Å²) in [7, 11) is 0. The maximum atomic E-state index is 11.0. The fourth-order valence-corrected chi connectivity index (χ4v) is 0.955. The van der Waals surface area contributed by atoms with E-state index in [-0.39, 0.29) is 5.91 Å². The predicted molar refractivity (Wildman–Crippen MR) is 59.0 cm³/mol. The van der Waals surface area contributed by atoms with Crippen molar-refractivity contribution in [2.45, 2.75) is 19.8 Å². The summed E-state index contributed by atoms with van der Waals surface area (Å²) in [6.07, 6.45) is 2.03. The van der Waals surface area contributed by atoms with E-state index >= 15 is 0 Å². The van der Waals surface area contributed by atoms with Gasteiger partial charge < -0.3 is 16.4 Å². The molecule has 0 aliphatic heterocycles. The van der Waals surface area contributed by atoms with Gasteiger partial charge in [0.15, 0.2) is 0 Å². The topological polar surface area (TPSA) is 67.2 Å². The summed E-state index contributed by atoms with van der Waals surface area (Å²) in [5, 5.41) is 5.97. The molecule has 0 rings (SSSR count). The van der Waals surface area contributed by atoms with Crippen LogP contribution in [-0.4, -0.2) is 32.1 Å². The number of nitrogens with two attached hydrogens (primary N) is 1. The molecule has 1 amide bonds. The van der Waals surface area contributed by atoms with Gasteiger partial charge in [-0.3, -0.25) is 4.79 Å². The molecule has 4 nitrogen and oxygen atoms in total. The zero-order chi connectivity index (χ0) is 10.8. The molecule has 0 aliphatic rings. The van der Waals surface area contributed by atoms with Crippen LogP contribution in [0.15, 0.2) is 12.2 Å². The van der Waals surface area contributed by atoms with Crippen LogP contribution in [0.4, 0.5) is 0 Å². The van der Waals surface area contributed by atoms with Crippen LogP contribution in [0.5, 0.6) is 0 Å². The molecule has 0 bridgehead atoms. The molecule has 0 aliphatic carbocycles. The van der Waals surface area contributed by atoms with Gasteiger partial charge in [-0.15, -0.1) is 0 Å². The molecule has 0 aromatic rings. The summed E-state index contributed by atoms with van der Waals surface area (Å²) < 4.78 is 0. The van der Waals surface area contributed by atoms with Crippen LogP contribution >= 0.6 is 0 Å². The van der Waals surface area contributed by atoms with Crippen molar-refractivity contribution in [3.63, 3.8) is 0 Å². The van der Waals surface area contributed by atoms with Gasteiger partial charge in [0.2, 0.25) is 5.91 Å². The Labute approximate surface area is 85.9 Å². The van der Waals surface area contributed by atoms with Crippen LogP contribution in [-0.2, 0) is 4.79 Å². The minimum atomic E-state index is -0.0556. The Hall–Kier alpha value is -0.870. The van der Waals surface area contributed by atoms with Crippen LogP contribution in [0.1, 0.15) is 19.8 Å². The summed E-state index contributed by atoms with van der Waals surface area (Å²) in [6, 6.07) is 0. The van der Waals surface area contributed by atoms with Gasteiger partial charge in [-0.05, 0) is 26.3 Å². The van der Waals surface area contributed by atoms with E-state index in [9.17, 15) is 4.79 Å². The van der Waals surface area contributed by atoms with Crippen molar-refractivity contribution in [3.05, 3.63) is 12.2 Å². The molecule has 4 N–H and O–H groups in total. The fourth-order valence-electron chi connectivity index (χ4n) is 0.955. The van der Waals surface area contributed by atoms with E-state index in [2.05, 4.69) is 17.2 Å². The average molecular weight is 199 g/mol. The van der Waals surface area contributed by atoms with Gasteiger partial charge in [0.05, 0.1) is 0 Å². The highest BCUT2D eigenvalue weighted by Gasteiger charge is 1.98. The summed E-state index contributed by atoms with van der Waals surface area (Å²) >= 11 is 0. The van der Waals surface area contributed by atoms with E-state index in [1.165, 1.54) is 0 Å². The third-order valence-electron chi connectivity index (χ3n) is 1.77. The number of carbonyl (C=O) groups is 1. The molecule has 0 spiro atoms. The molecule has 0 atom stereocenters. The maximum Gasteiger partial charge on any atom is 0.246 e. The molecule has 4 heteroatoms. The Morgan fingerprint density at radius 1 is 1.29 bits per heavy atom. The van der Waals surface area contributed by atoms with Crippen molar-refractivity contribution < 1.29 is 4.79 Å². The zero-order valence-corrected chi connectivity index (χ0v) is 8.94. The number of unbranched alkanes of at least 4 members (excludes halogenated alkanes) is 1. The van der Waals surface area contributed by atoms with E-state index in [0.29, 0.717) is 12.1 Å². The molecule has 82 valence electrons. The Bertz CT molecular complexity index is 180. The van der Waals surface area contributed by atoms with Gasteiger partial charge >= 0.3 is 0 Å². The molecular weight excluding hydrogens is 178 g/mol. The first-order valence-corrected chi connectivity index (χ1v) is 5.03. The lowest BCUT2D eigenvalue weighted by molar-refractivity contribution is -0.117. The lowest BCUT2D eigenvalue weighted by atomic mass is 10.3. The summed E-state index contributed by atoms with van der Waals surface area (Å²) in [6.45, 7) is 8.47. The first-order chi connectivity index (χ1) is 6.68. The highest BCUT2D eigenvalue weighted by Crippen LogP contribution is 1.88. The number of carbonyl (C=O) groups excluding carboxylic acids is 1. The second-order valence-electron chi connectivity index (χ2n) is 3.28. The molecule has 0 aromatic heterocycles. The van der Waals surface area contributed by atoms with Crippen LogP contribution in [0.3, 0.4) is 0 Å². The summed E-state index contributed by atoms with van der Waals surface area (Å²) in [5.74, 6) is -0.0556. The molecule has 0 radical (unpaired) electrons. The number of hydrogen-bond donors (Lipinski definition) is 3. The van der Waals surface area contributed by atoms with Gasteiger partial charge in [-0.1, -0.05) is 6.58 Å². The Balaban J connectivity index is 3.13. The lowest BCUT2D eigenvalue weighted by Gasteiger charge is -2.05. The lowest BCUT2D eigenvalue weighted by Crippen LogP contribution is -2.26. The second-order valence-corrected chi connectivity index (χ2v) is 3.28. The predicted octanol–water partition coefficient (Wildman–Crippen LogP) is 0.00720. The molecule has 0 saturated heterocycles. The van der Waals surface area contributed by atoms with Crippen molar-refractivity contribution in [3.8, 4) is 0 Å². The quantitative estimate of drug-likeness (QED) is 0.381. The van der Waals surface area contributed by atoms with Crippen molar-refractivity contribution in [2.75, 3.05) is 26.2 Å². The Morgan fingerprint density at radius 3 is 2.50 bits per heavy atom. The SMILES string of the molecule is C=C(C)C(=O)NCCCCNCCN. The molecule has 0 fully saturated rings. The van der Waals surface area contributed by atoms with Crippen LogP contribution in [0.2, 0.25) is 0 Å². The number of amides is 1. The molecule has 0 aromatic carbocycles. The summed E-state index contributed by atoms with van der Waals surface area (Å²) in [5.41, 5.74) is 5.87. The molecular formula is C10H21N3O. The smallest absolute Gasteiger partial charge is 0.246 e. The van der Waals surface area contributed by atoms with E-state index < -0.39 is 0 Å². The standard InChI is InChI=1S/C10H21N3O/c1-9(2)10(14)13-7-4-3-6-12-8-5-11/h12H,1,3-8,11H2,2H3,(H,13,14). The Morgan fingerprint density at radius 2 is 1.93 bits per heavy atom. The molecule has 0 saturated carbocycles. The average Bonchev–Trinajstić information content (AvgIpc) is 2.16. The van der Waals surface area contributed by atoms with Crippen molar-refractivity contribution in [1.82, 2.24) is 10.6 Å². The maximum absolute atomic E-state index is 11.0. The third kappa shape index (κ3) is 7.76. The molecule has 0 unspecified atom stereocenters. The zero-order valence-electron chi connectivity index (χ0n) is 8.94. The second kappa shape index (κ2) is 8.72. The minimum Gasteiger partial charge on any atom is -0.352 e. The minimum absolute atomic E-state index is 0.0556. The van der Waals surface area contributed by atoms with Crippen LogP contribution in [0.25, 0.3) is 0 Å². The first-order valence-electron chi connectivity index (χ1n) is 5.03. The fraction of sp³-hybridized carbons (Fsp3) is 0.700. The summed E-state index contributed by atoms with van der Waals surface area (Å²) in [4.78, 5) is 11.0. The van der Waals surface area contributed by atoms with Crippen molar-refractivity contribution in [2.24, 2.45) is 5.73 Å². The number of hydrogen-bond acceptors (Lipinski definition) is 3. The highest BCUT2D eigenvalue weighted by molar-refractivity contribution is 5.91. The van der Waals surface area contributed by atoms with E-state index in [1.807, 2.05) is 0 Å². The van der Waals surface area contributed by atoms with Gasteiger partial charge in [-0.25, -0.2) is 0 Å². The van der Waals surface area contributed by atoms with Gasteiger partial charge in [0.1, 0.15) is 0 Å². The van der Waals surface area contributed by atoms with E-state index in [0.717, 1.165) is 32.5 Å². The monoisotopic (exact) mass is 199 g/mol. The largest absolute Gasteiger partial charge is 0.352 e. The van der Waals surface area contributed by atoms with Crippen molar-refractivity contribution in [1.29, 1.82) is 0 Å². The highest BCUT2D eigenvalue weighted by atomic mass is 16.1. The Kier molecular flexibility index (Phi) is 8.17. The van der Waals surface area contributed by atoms with Gasteiger partial charge in [0, 0.05) is 25.2 Å². The van der Waals surface area contributed by atoms with Gasteiger partial charge in [-0.2, -0.15) is 0 Å². The van der Waals surface area contributed by atoms with Crippen molar-refractivity contribution >= 4 is 5.91 Å². The first kappa shape index (κ1) is 13.1. The number of rotatable bonds is 8. The normalized spacial score (nSPS) is 9.86. The molecule has 0 heterocycles. The van der Waals surface area contributed by atoms with Crippen LogP contribution < -0.4 is 16.4 Å². The number of nitrogens with one attached hydrogen (secondary N) is 2. The third-order valence-corrected chi connectivity index (χ3v) is 1.77. The van der Waals surface area contributed by atoms with Gasteiger partial charge in [0.25, 0.3) is 0 Å².